The van der Waals surface area contributed by atoms with Crippen molar-refractivity contribution in [2.75, 3.05) is 13.1 Å². The number of nitrogens with two attached hydrogens (primary N) is 1. The van der Waals surface area contributed by atoms with Crippen LogP contribution in [-0.2, 0) is 4.79 Å². The number of carbonyl (C=O) groups excluding carboxylic acids is 1. The summed E-state index contributed by atoms with van der Waals surface area (Å²) in [5.74, 6) is 0.266. The molecule has 1 fully saturated rings. The van der Waals surface area contributed by atoms with Crippen LogP contribution < -0.4 is 5.73 Å². The molecule has 1 atom stereocenters. The molecule has 0 bridgehead atoms. The molecule has 19 heavy (non-hydrogen) atoms. The third kappa shape index (κ3) is 4.06. The zero-order valence-corrected chi connectivity index (χ0v) is 11.8. The molecule has 0 saturated carbocycles. The fourth-order valence-electron chi connectivity index (χ4n) is 2.56. The second-order valence-electron chi connectivity index (χ2n) is 5.52. The fourth-order valence-corrected chi connectivity index (χ4v) is 2.56. The fraction of sp³-hybridized carbons (Fsp3) is 0.562. The van der Waals surface area contributed by atoms with E-state index >= 15 is 0 Å². The SMILES string of the molecule is Cc1ccc(C(N)CN2CCCCCCC2=O)cc1. The molecule has 1 aromatic carbocycles. The van der Waals surface area contributed by atoms with Gasteiger partial charge in [-0.15, -0.1) is 0 Å². The Balaban J connectivity index is 1.97. The zero-order chi connectivity index (χ0) is 13.7. The summed E-state index contributed by atoms with van der Waals surface area (Å²) in [6, 6.07) is 8.20. The van der Waals surface area contributed by atoms with Gasteiger partial charge in [-0.1, -0.05) is 42.7 Å². The number of benzene rings is 1. The molecule has 3 heteroatoms. The van der Waals surface area contributed by atoms with Crippen molar-refractivity contribution < 1.29 is 4.79 Å². The van der Waals surface area contributed by atoms with Gasteiger partial charge in [-0.2, -0.15) is 0 Å². The summed E-state index contributed by atoms with van der Waals surface area (Å²) in [6.45, 7) is 3.57. The number of aryl methyl sites for hydroxylation is 1. The van der Waals surface area contributed by atoms with Crippen LogP contribution in [0.2, 0.25) is 0 Å². The Hall–Kier alpha value is -1.35. The van der Waals surface area contributed by atoms with Gasteiger partial charge in [0.2, 0.25) is 5.91 Å². The first-order chi connectivity index (χ1) is 9.16. The Labute approximate surface area is 115 Å². The molecular weight excluding hydrogens is 236 g/mol. The van der Waals surface area contributed by atoms with Crippen molar-refractivity contribution in [3.63, 3.8) is 0 Å². The minimum Gasteiger partial charge on any atom is -0.341 e. The molecule has 0 aliphatic carbocycles. The lowest BCUT2D eigenvalue weighted by molar-refractivity contribution is -0.132. The van der Waals surface area contributed by atoms with E-state index in [4.69, 9.17) is 5.73 Å². The molecule has 1 aliphatic rings. The number of hydrogen-bond donors (Lipinski definition) is 1. The summed E-state index contributed by atoms with van der Waals surface area (Å²) in [4.78, 5) is 14.0. The smallest absolute Gasteiger partial charge is 0.222 e. The van der Waals surface area contributed by atoms with Crippen LogP contribution in [0.15, 0.2) is 24.3 Å². The maximum absolute atomic E-state index is 12.1. The first-order valence-electron chi connectivity index (χ1n) is 7.27. The molecule has 0 aromatic heterocycles. The maximum Gasteiger partial charge on any atom is 0.222 e. The summed E-state index contributed by atoms with van der Waals surface area (Å²) in [5.41, 5.74) is 8.58. The van der Waals surface area contributed by atoms with Gasteiger partial charge in [0.05, 0.1) is 0 Å². The molecule has 0 radical (unpaired) electrons. The van der Waals surface area contributed by atoms with Gasteiger partial charge in [0.25, 0.3) is 0 Å². The van der Waals surface area contributed by atoms with Crippen LogP contribution in [0.25, 0.3) is 0 Å². The number of amides is 1. The first-order valence-corrected chi connectivity index (χ1v) is 7.27. The second kappa shape index (κ2) is 6.71. The standard InChI is InChI=1S/C16H24N2O/c1-13-7-9-14(10-8-13)15(17)12-18-11-5-3-2-4-6-16(18)19/h7-10,15H,2-6,11-12,17H2,1H3. The van der Waals surface area contributed by atoms with Crippen molar-refractivity contribution in [1.82, 2.24) is 4.90 Å². The predicted octanol–water partition coefficient (Wildman–Crippen LogP) is 2.79. The number of hydrogen-bond acceptors (Lipinski definition) is 2. The Morgan fingerprint density at radius 2 is 1.84 bits per heavy atom. The summed E-state index contributed by atoms with van der Waals surface area (Å²) in [6.07, 6.45) is 5.22. The number of carbonyl (C=O) groups is 1. The topological polar surface area (TPSA) is 46.3 Å². The predicted molar refractivity (Wildman–Crippen MR) is 77.8 cm³/mol. The van der Waals surface area contributed by atoms with Crippen LogP contribution >= 0.6 is 0 Å². The first kappa shape index (κ1) is 14.1. The lowest BCUT2D eigenvalue weighted by Crippen LogP contribution is -2.38. The van der Waals surface area contributed by atoms with Gasteiger partial charge in [-0.3, -0.25) is 4.79 Å². The van der Waals surface area contributed by atoms with Crippen molar-refractivity contribution in [2.24, 2.45) is 5.73 Å². The summed E-state index contributed by atoms with van der Waals surface area (Å²) < 4.78 is 0. The van der Waals surface area contributed by atoms with Crippen molar-refractivity contribution in [3.05, 3.63) is 35.4 Å². The van der Waals surface area contributed by atoms with Crippen LogP contribution in [0.1, 0.15) is 49.3 Å². The van der Waals surface area contributed by atoms with Gasteiger partial charge in [-0.05, 0) is 25.3 Å². The van der Waals surface area contributed by atoms with Crippen molar-refractivity contribution in [3.8, 4) is 0 Å². The van der Waals surface area contributed by atoms with Crippen LogP contribution in [0.3, 0.4) is 0 Å². The Morgan fingerprint density at radius 3 is 2.58 bits per heavy atom. The molecular formula is C16H24N2O. The normalized spacial score (nSPS) is 18.8. The van der Waals surface area contributed by atoms with Gasteiger partial charge >= 0.3 is 0 Å². The molecule has 1 amide bonds. The van der Waals surface area contributed by atoms with Crippen LogP contribution in [0.4, 0.5) is 0 Å². The lowest BCUT2D eigenvalue weighted by Gasteiger charge is -2.27. The minimum atomic E-state index is -0.0797. The Bertz CT molecular complexity index is 413. The van der Waals surface area contributed by atoms with E-state index in [2.05, 4.69) is 31.2 Å². The highest BCUT2D eigenvalue weighted by atomic mass is 16.2. The molecule has 1 heterocycles. The van der Waals surface area contributed by atoms with Crippen molar-refractivity contribution >= 4 is 5.91 Å². The Morgan fingerprint density at radius 1 is 1.16 bits per heavy atom. The number of rotatable bonds is 3. The summed E-state index contributed by atoms with van der Waals surface area (Å²) in [7, 11) is 0. The van der Waals surface area contributed by atoms with Gasteiger partial charge in [0.15, 0.2) is 0 Å². The van der Waals surface area contributed by atoms with E-state index in [-0.39, 0.29) is 11.9 Å². The summed E-state index contributed by atoms with van der Waals surface area (Å²) in [5, 5.41) is 0. The van der Waals surface area contributed by atoms with E-state index < -0.39 is 0 Å². The molecule has 1 unspecified atom stereocenters. The molecule has 1 saturated heterocycles. The van der Waals surface area contributed by atoms with Gasteiger partial charge in [0.1, 0.15) is 0 Å². The second-order valence-corrected chi connectivity index (χ2v) is 5.52. The molecule has 1 aromatic rings. The van der Waals surface area contributed by atoms with E-state index in [9.17, 15) is 4.79 Å². The van der Waals surface area contributed by atoms with Crippen LogP contribution in [0.5, 0.6) is 0 Å². The van der Waals surface area contributed by atoms with Gasteiger partial charge in [0, 0.05) is 25.6 Å². The average Bonchev–Trinajstić information content (AvgIpc) is 2.39. The monoisotopic (exact) mass is 260 g/mol. The van der Waals surface area contributed by atoms with Crippen molar-refractivity contribution in [1.29, 1.82) is 0 Å². The van der Waals surface area contributed by atoms with Crippen LogP contribution in [-0.4, -0.2) is 23.9 Å². The third-order valence-corrected chi connectivity index (χ3v) is 3.84. The highest BCUT2D eigenvalue weighted by molar-refractivity contribution is 5.76. The molecule has 0 spiro atoms. The largest absolute Gasteiger partial charge is 0.341 e. The highest BCUT2D eigenvalue weighted by Crippen LogP contribution is 2.17. The molecule has 2 rings (SSSR count). The lowest BCUT2D eigenvalue weighted by atomic mass is 10.0. The molecule has 104 valence electrons. The van der Waals surface area contributed by atoms with E-state index in [0.29, 0.717) is 13.0 Å². The number of nitrogens with zero attached hydrogens (tertiary/aromatic N) is 1. The van der Waals surface area contributed by atoms with E-state index in [1.807, 2.05) is 4.90 Å². The van der Waals surface area contributed by atoms with E-state index in [1.54, 1.807) is 0 Å². The third-order valence-electron chi connectivity index (χ3n) is 3.84. The summed E-state index contributed by atoms with van der Waals surface area (Å²) >= 11 is 0. The van der Waals surface area contributed by atoms with E-state index in [1.165, 1.54) is 18.4 Å². The molecule has 1 aliphatic heterocycles. The van der Waals surface area contributed by atoms with Gasteiger partial charge in [-0.25, -0.2) is 0 Å². The average molecular weight is 260 g/mol. The quantitative estimate of drug-likeness (QED) is 0.908. The maximum atomic E-state index is 12.1. The van der Waals surface area contributed by atoms with E-state index in [0.717, 1.165) is 24.9 Å². The van der Waals surface area contributed by atoms with Gasteiger partial charge < -0.3 is 10.6 Å². The van der Waals surface area contributed by atoms with Crippen LogP contribution in [0, 0.1) is 6.92 Å². The number of likely N-dealkylation sites (tertiary alicyclic amines) is 1. The molecule has 3 nitrogen and oxygen atoms in total. The highest BCUT2D eigenvalue weighted by Gasteiger charge is 2.18. The molecule has 2 N–H and O–H groups in total. The Kier molecular flexibility index (Phi) is 4.97. The minimum absolute atomic E-state index is 0.0797. The zero-order valence-electron chi connectivity index (χ0n) is 11.8. The van der Waals surface area contributed by atoms with Crippen molar-refractivity contribution in [2.45, 2.75) is 45.1 Å².